The summed E-state index contributed by atoms with van der Waals surface area (Å²) in [6.07, 6.45) is 0.641. The molecule has 0 spiro atoms. The third-order valence-corrected chi connectivity index (χ3v) is 6.84. The maximum absolute atomic E-state index is 14.0. The second kappa shape index (κ2) is 13.3. The van der Waals surface area contributed by atoms with Crippen LogP contribution in [0.4, 0.5) is 10.1 Å². The zero-order chi connectivity index (χ0) is 29.5. The number of carboxylic acid groups (broad SMARTS) is 1. The molecule has 2 atom stereocenters. The lowest BCUT2D eigenvalue weighted by Crippen LogP contribution is -2.22. The Bertz CT molecular complexity index is 1470. The van der Waals surface area contributed by atoms with Gasteiger partial charge in [-0.1, -0.05) is 44.2 Å². The quantitative estimate of drug-likeness (QED) is 0.176. The highest BCUT2D eigenvalue weighted by molar-refractivity contribution is 6.12. The minimum Gasteiger partial charge on any atom is -0.481 e. The molecule has 0 aliphatic carbocycles. The molecule has 0 saturated heterocycles. The number of amides is 1. The highest BCUT2D eigenvalue weighted by Crippen LogP contribution is 2.42. The number of carboxylic acids is 1. The van der Waals surface area contributed by atoms with Gasteiger partial charge in [-0.3, -0.25) is 14.6 Å². The van der Waals surface area contributed by atoms with Crippen LogP contribution in [-0.4, -0.2) is 49.0 Å². The highest BCUT2D eigenvalue weighted by atomic mass is 19.1. The average molecular weight is 560 g/mol. The zero-order valence-corrected chi connectivity index (χ0v) is 23.0. The van der Waals surface area contributed by atoms with Crippen LogP contribution in [0.15, 0.2) is 79.1 Å². The van der Waals surface area contributed by atoms with Crippen molar-refractivity contribution in [1.29, 1.82) is 0 Å². The number of hydrogen-bond donors (Lipinski definition) is 4. The van der Waals surface area contributed by atoms with E-state index in [2.05, 4.69) is 10.3 Å². The predicted octanol–water partition coefficient (Wildman–Crippen LogP) is 5.71. The van der Waals surface area contributed by atoms with E-state index in [-0.39, 0.29) is 31.2 Å². The monoisotopic (exact) mass is 559 g/mol. The molecule has 0 fully saturated rings. The minimum absolute atomic E-state index is 0.0998. The molecule has 0 unspecified atom stereocenters. The molecular formula is C32H34FN3O5. The largest absolute Gasteiger partial charge is 0.481 e. The van der Waals surface area contributed by atoms with Crippen LogP contribution in [0.3, 0.4) is 0 Å². The predicted molar refractivity (Wildman–Crippen MR) is 155 cm³/mol. The molecule has 4 N–H and O–H groups in total. The standard InChI is InChI=1S/C32H34FN3O5/c1-20(2)30-29(32(41)35-24-12-15-34-16-13-24)28(21-6-4-3-5-7-21)31(22-8-10-23(33)11-9-22)36(30)17-14-25(37)18-26(38)19-27(39)40/h3-13,15-16,20,25-26,37-38H,14,17-19H2,1-2H3,(H,39,40)(H,34,35,41)/t25-,26-/m1/s1. The van der Waals surface area contributed by atoms with Gasteiger partial charge in [0.1, 0.15) is 5.82 Å². The second-order valence-corrected chi connectivity index (χ2v) is 10.3. The van der Waals surface area contributed by atoms with E-state index in [1.165, 1.54) is 12.1 Å². The number of carbonyl (C=O) groups excluding carboxylic acids is 1. The third kappa shape index (κ3) is 7.25. The summed E-state index contributed by atoms with van der Waals surface area (Å²) >= 11 is 0. The van der Waals surface area contributed by atoms with Gasteiger partial charge < -0.3 is 25.2 Å². The summed E-state index contributed by atoms with van der Waals surface area (Å²) in [5.74, 6) is -1.98. The van der Waals surface area contributed by atoms with Gasteiger partial charge in [0.15, 0.2) is 0 Å². The molecule has 214 valence electrons. The number of aromatic nitrogens is 2. The van der Waals surface area contributed by atoms with Crippen molar-refractivity contribution in [2.24, 2.45) is 0 Å². The van der Waals surface area contributed by atoms with Crippen molar-refractivity contribution in [2.75, 3.05) is 5.32 Å². The van der Waals surface area contributed by atoms with Crippen molar-refractivity contribution in [1.82, 2.24) is 9.55 Å². The van der Waals surface area contributed by atoms with Crippen LogP contribution in [0.25, 0.3) is 22.4 Å². The molecule has 0 aliphatic rings. The van der Waals surface area contributed by atoms with Gasteiger partial charge in [0.2, 0.25) is 0 Å². The van der Waals surface area contributed by atoms with Gasteiger partial charge in [0.05, 0.1) is 29.9 Å². The van der Waals surface area contributed by atoms with E-state index >= 15 is 0 Å². The molecule has 0 saturated carbocycles. The van der Waals surface area contributed by atoms with E-state index < -0.39 is 30.4 Å². The van der Waals surface area contributed by atoms with Crippen molar-refractivity contribution < 1.29 is 29.3 Å². The molecule has 2 aromatic carbocycles. The van der Waals surface area contributed by atoms with E-state index in [0.29, 0.717) is 28.1 Å². The molecule has 0 aliphatic heterocycles. The number of pyridine rings is 1. The molecular weight excluding hydrogens is 525 g/mol. The van der Waals surface area contributed by atoms with Crippen LogP contribution in [0, 0.1) is 5.82 Å². The van der Waals surface area contributed by atoms with Crippen LogP contribution in [0.5, 0.6) is 0 Å². The number of benzene rings is 2. The Labute approximate surface area is 238 Å². The van der Waals surface area contributed by atoms with Gasteiger partial charge in [-0.25, -0.2) is 4.39 Å². The molecule has 4 rings (SSSR count). The fourth-order valence-electron chi connectivity index (χ4n) is 5.12. The number of hydrogen-bond acceptors (Lipinski definition) is 5. The van der Waals surface area contributed by atoms with Gasteiger partial charge in [-0.05, 0) is 66.3 Å². The number of anilines is 1. The summed E-state index contributed by atoms with van der Waals surface area (Å²) in [7, 11) is 0. The fraction of sp³-hybridized carbons (Fsp3) is 0.281. The van der Waals surface area contributed by atoms with E-state index in [1.807, 2.05) is 48.7 Å². The summed E-state index contributed by atoms with van der Waals surface area (Å²) in [6, 6.07) is 18.9. The molecule has 0 radical (unpaired) electrons. The molecule has 0 bridgehead atoms. The first-order valence-electron chi connectivity index (χ1n) is 13.5. The lowest BCUT2D eigenvalue weighted by atomic mass is 9.94. The first-order valence-corrected chi connectivity index (χ1v) is 13.5. The van der Waals surface area contributed by atoms with Crippen molar-refractivity contribution >= 4 is 17.6 Å². The molecule has 9 heteroatoms. The number of rotatable bonds is 12. The van der Waals surface area contributed by atoms with Crippen molar-refractivity contribution in [3.05, 3.63) is 96.2 Å². The summed E-state index contributed by atoms with van der Waals surface area (Å²) in [5.41, 5.74) is 4.62. The van der Waals surface area contributed by atoms with Gasteiger partial charge in [-0.2, -0.15) is 0 Å². The summed E-state index contributed by atoms with van der Waals surface area (Å²) in [4.78, 5) is 29.0. The topological polar surface area (TPSA) is 125 Å². The van der Waals surface area contributed by atoms with Gasteiger partial charge >= 0.3 is 5.97 Å². The van der Waals surface area contributed by atoms with Crippen LogP contribution < -0.4 is 5.32 Å². The number of halogens is 1. The Hall–Kier alpha value is -4.34. The van der Waals surface area contributed by atoms with E-state index in [0.717, 1.165) is 11.3 Å². The Kier molecular flexibility index (Phi) is 9.65. The second-order valence-electron chi connectivity index (χ2n) is 10.3. The summed E-state index contributed by atoms with van der Waals surface area (Å²) in [6.45, 7) is 4.22. The number of aliphatic carboxylic acids is 1. The molecule has 2 heterocycles. The van der Waals surface area contributed by atoms with E-state index in [9.17, 15) is 24.2 Å². The summed E-state index contributed by atoms with van der Waals surface area (Å²) < 4.78 is 16.0. The molecule has 8 nitrogen and oxygen atoms in total. The maximum Gasteiger partial charge on any atom is 0.305 e. The average Bonchev–Trinajstić information content (AvgIpc) is 3.28. The van der Waals surface area contributed by atoms with Gasteiger partial charge in [-0.15, -0.1) is 0 Å². The number of aliphatic hydroxyl groups is 2. The van der Waals surface area contributed by atoms with Crippen LogP contribution in [0.2, 0.25) is 0 Å². The molecule has 1 amide bonds. The van der Waals surface area contributed by atoms with Crippen molar-refractivity contribution in [3.8, 4) is 22.4 Å². The highest BCUT2D eigenvalue weighted by Gasteiger charge is 2.31. The molecule has 4 aromatic rings. The first-order chi connectivity index (χ1) is 19.7. The maximum atomic E-state index is 14.0. The first kappa shape index (κ1) is 29.6. The van der Waals surface area contributed by atoms with Crippen molar-refractivity contribution in [3.63, 3.8) is 0 Å². The summed E-state index contributed by atoms with van der Waals surface area (Å²) in [5, 5.41) is 32.7. The number of nitrogens with zero attached hydrogens (tertiary/aromatic N) is 2. The number of aliphatic hydroxyl groups excluding tert-OH is 2. The Morgan fingerprint density at radius 3 is 2.20 bits per heavy atom. The smallest absolute Gasteiger partial charge is 0.305 e. The lowest BCUT2D eigenvalue weighted by molar-refractivity contribution is -0.139. The molecule has 2 aromatic heterocycles. The Morgan fingerprint density at radius 2 is 1.59 bits per heavy atom. The van der Waals surface area contributed by atoms with Crippen molar-refractivity contribution in [2.45, 2.75) is 57.8 Å². The van der Waals surface area contributed by atoms with E-state index in [1.54, 1.807) is 36.7 Å². The number of nitrogens with one attached hydrogen (secondary N) is 1. The van der Waals surface area contributed by atoms with Crippen LogP contribution in [-0.2, 0) is 11.3 Å². The number of carbonyl (C=O) groups is 2. The Morgan fingerprint density at radius 1 is 0.927 bits per heavy atom. The van der Waals surface area contributed by atoms with Crippen LogP contribution in [0.1, 0.15) is 55.1 Å². The lowest BCUT2D eigenvalue weighted by Gasteiger charge is -2.20. The minimum atomic E-state index is -1.19. The van der Waals surface area contributed by atoms with Crippen LogP contribution >= 0.6 is 0 Å². The third-order valence-electron chi connectivity index (χ3n) is 6.84. The zero-order valence-electron chi connectivity index (χ0n) is 23.0. The normalized spacial score (nSPS) is 12.7. The fourth-order valence-corrected chi connectivity index (χ4v) is 5.12. The molecule has 41 heavy (non-hydrogen) atoms. The van der Waals surface area contributed by atoms with Gasteiger partial charge in [0.25, 0.3) is 5.91 Å². The Balaban J connectivity index is 1.89. The van der Waals surface area contributed by atoms with Gasteiger partial charge in [0, 0.05) is 35.9 Å². The SMILES string of the molecule is CC(C)c1c(C(=O)Nc2ccncc2)c(-c2ccccc2)c(-c2ccc(F)cc2)n1CC[C@@H](O)C[C@@H](O)CC(=O)O. The van der Waals surface area contributed by atoms with E-state index in [4.69, 9.17) is 5.11 Å².